The van der Waals surface area contributed by atoms with E-state index in [0.717, 1.165) is 63.8 Å². The Bertz CT molecular complexity index is 1540. The van der Waals surface area contributed by atoms with Crippen LogP contribution in [0.25, 0.3) is 16.5 Å². The van der Waals surface area contributed by atoms with Crippen LogP contribution < -0.4 is 4.74 Å². The predicted molar refractivity (Wildman–Crippen MR) is 168 cm³/mol. The summed E-state index contributed by atoms with van der Waals surface area (Å²) in [7, 11) is -0.521. The first-order valence-corrected chi connectivity index (χ1v) is 15.3. The summed E-state index contributed by atoms with van der Waals surface area (Å²) in [6.45, 7) is 11.1. The van der Waals surface area contributed by atoms with Crippen LogP contribution in [0, 0.1) is 11.3 Å². The lowest BCUT2D eigenvalue weighted by molar-refractivity contribution is -0.0366. The van der Waals surface area contributed by atoms with Crippen molar-refractivity contribution in [1.82, 2.24) is 14.7 Å². The van der Waals surface area contributed by atoms with Gasteiger partial charge in [0.2, 0.25) is 0 Å². The van der Waals surface area contributed by atoms with Crippen LogP contribution in [-0.2, 0) is 14.0 Å². The Hall–Kier alpha value is -3.85. The van der Waals surface area contributed by atoms with E-state index < -0.39 is 24.4 Å². The third-order valence-corrected chi connectivity index (χ3v) is 8.86. The van der Waals surface area contributed by atoms with Gasteiger partial charge in [0.25, 0.3) is 0 Å². The molecule has 11 heteroatoms. The van der Waals surface area contributed by atoms with Crippen LogP contribution in [0.3, 0.4) is 0 Å². The molecule has 2 aliphatic rings. The second-order valence-corrected chi connectivity index (χ2v) is 12.3. The van der Waals surface area contributed by atoms with Gasteiger partial charge < -0.3 is 23.9 Å². The predicted octanol–water partition coefficient (Wildman–Crippen LogP) is 6.46. The van der Waals surface area contributed by atoms with Gasteiger partial charge in [-0.05, 0) is 99.8 Å². The molecule has 5 rings (SSSR count). The molecule has 10 nitrogen and oxygen atoms in total. The van der Waals surface area contributed by atoms with Gasteiger partial charge >= 0.3 is 13.2 Å². The van der Waals surface area contributed by atoms with Crippen molar-refractivity contribution < 1.29 is 28.7 Å². The molecule has 1 N–H and O–H groups in total. The number of hydrogen-bond acceptors (Lipinski definition) is 7. The first kappa shape index (κ1) is 31.6. The number of amides is 1. The van der Waals surface area contributed by atoms with Gasteiger partial charge in [0, 0.05) is 12.0 Å². The molecule has 2 aromatic carbocycles. The van der Waals surface area contributed by atoms with Crippen molar-refractivity contribution in [2.24, 2.45) is 0 Å². The molecule has 2 fully saturated rings. The second kappa shape index (κ2) is 13.0. The molecule has 0 saturated carbocycles. The van der Waals surface area contributed by atoms with E-state index in [1.165, 1.54) is 0 Å². The van der Waals surface area contributed by atoms with E-state index in [-0.39, 0.29) is 25.9 Å². The maximum Gasteiger partial charge on any atom is 0.491 e. The van der Waals surface area contributed by atoms with Gasteiger partial charge in [0.1, 0.15) is 18.9 Å². The summed E-state index contributed by atoms with van der Waals surface area (Å²) in [5.74, 6) is 0.605. The first-order chi connectivity index (χ1) is 21.0. The Labute approximate surface area is 259 Å². The highest BCUT2D eigenvalue weighted by molar-refractivity contribution is 6.56. The van der Waals surface area contributed by atoms with Crippen LogP contribution in [0.2, 0.25) is 0 Å². The zero-order chi connectivity index (χ0) is 31.5. The summed E-state index contributed by atoms with van der Waals surface area (Å²) in [5.41, 5.74) is 4.12. The van der Waals surface area contributed by atoms with Crippen molar-refractivity contribution in [3.05, 3.63) is 65.3 Å². The summed E-state index contributed by atoms with van der Waals surface area (Å²) in [6, 6.07) is 16.0. The van der Waals surface area contributed by atoms with Crippen molar-refractivity contribution in [3.63, 3.8) is 0 Å². The van der Waals surface area contributed by atoms with Gasteiger partial charge in [-0.15, -0.1) is 0 Å². The van der Waals surface area contributed by atoms with E-state index in [4.69, 9.17) is 29.1 Å². The number of carboxylic acid groups (broad SMARTS) is 1. The Morgan fingerprint density at radius 3 is 2.45 bits per heavy atom. The van der Waals surface area contributed by atoms with E-state index in [1.807, 2.05) is 41.2 Å². The van der Waals surface area contributed by atoms with E-state index in [0.29, 0.717) is 12.2 Å². The average molecular weight is 601 g/mol. The van der Waals surface area contributed by atoms with Crippen LogP contribution in [0.5, 0.6) is 5.75 Å². The van der Waals surface area contributed by atoms with Crippen LogP contribution in [0.4, 0.5) is 4.79 Å². The van der Waals surface area contributed by atoms with E-state index >= 15 is 0 Å². The van der Waals surface area contributed by atoms with Gasteiger partial charge in [-0.3, -0.25) is 4.90 Å². The normalized spacial score (nSPS) is 19.8. The summed E-state index contributed by atoms with van der Waals surface area (Å²) < 4.78 is 26.9. The number of benzene rings is 2. The minimum absolute atomic E-state index is 0.0481. The minimum Gasteiger partial charge on any atom is -0.492 e. The molecule has 1 atom stereocenters. The van der Waals surface area contributed by atoms with E-state index in [1.54, 1.807) is 0 Å². The molecule has 0 bridgehead atoms. The highest BCUT2D eigenvalue weighted by atomic mass is 16.7. The summed E-state index contributed by atoms with van der Waals surface area (Å²) in [6.07, 6.45) is 4.57. The Morgan fingerprint density at radius 2 is 1.84 bits per heavy atom. The average Bonchev–Trinajstić information content (AvgIpc) is 3.52. The number of hydrogen-bond donors (Lipinski definition) is 1. The molecule has 2 saturated heterocycles. The fraction of sp³-hybridized carbons (Fsp3) is 0.485. The fourth-order valence-electron chi connectivity index (χ4n) is 5.66. The zero-order valence-electron chi connectivity index (χ0n) is 26.2. The maximum atomic E-state index is 11.3. The summed E-state index contributed by atoms with van der Waals surface area (Å²) >= 11 is 0. The number of ether oxygens (including phenoxy) is 2. The molecule has 1 aromatic heterocycles. The summed E-state index contributed by atoms with van der Waals surface area (Å²) in [5, 5.41) is 23.8. The van der Waals surface area contributed by atoms with Crippen molar-refractivity contribution >= 4 is 29.7 Å². The van der Waals surface area contributed by atoms with Crippen molar-refractivity contribution in [3.8, 4) is 11.8 Å². The maximum absolute atomic E-state index is 11.3. The number of fused-ring (bicyclic) bond motifs is 1. The van der Waals surface area contributed by atoms with Gasteiger partial charge in [0.15, 0.2) is 6.23 Å². The summed E-state index contributed by atoms with van der Waals surface area (Å²) in [4.78, 5) is 12.3. The SMILES string of the molecule is CC/C(B1OC(C)(C)C(C)(C)O1)=C(/c1ccc(OCCN(CC#N)C(=O)O)cc1)c1ccc2c(cnn2C2CCCCO2)c1. The van der Waals surface area contributed by atoms with Crippen molar-refractivity contribution in [2.45, 2.75) is 77.7 Å². The van der Waals surface area contributed by atoms with E-state index in [9.17, 15) is 9.90 Å². The topological polar surface area (TPSA) is 119 Å². The second-order valence-electron chi connectivity index (χ2n) is 12.3. The molecule has 232 valence electrons. The molecule has 0 aliphatic carbocycles. The van der Waals surface area contributed by atoms with Crippen LogP contribution in [-0.4, -0.2) is 70.5 Å². The quantitative estimate of drug-likeness (QED) is 0.208. The lowest BCUT2D eigenvalue weighted by Crippen LogP contribution is -2.41. The molecule has 44 heavy (non-hydrogen) atoms. The number of aromatic nitrogens is 2. The van der Waals surface area contributed by atoms with Crippen molar-refractivity contribution in [1.29, 1.82) is 5.26 Å². The van der Waals surface area contributed by atoms with E-state index in [2.05, 4.69) is 52.8 Å². The molecule has 2 aliphatic heterocycles. The molecular weight excluding hydrogens is 559 g/mol. The highest BCUT2D eigenvalue weighted by Gasteiger charge is 2.52. The van der Waals surface area contributed by atoms with Gasteiger partial charge in [0.05, 0.1) is 35.5 Å². The van der Waals surface area contributed by atoms with Gasteiger partial charge in [-0.1, -0.05) is 25.1 Å². The number of nitriles is 1. The smallest absolute Gasteiger partial charge is 0.491 e. The standard InChI is InChI=1S/C33H41BN4O6/c1-6-27(34-43-32(2,3)33(4,5)44-34)30(23-10-13-26(14-11-23)41-20-18-37(17-16-35)31(39)40)24-12-15-28-25(21-24)22-36-38(28)29-9-7-8-19-42-29/h10-15,21-22,29H,6-9,17-20H2,1-5H3,(H,39,40)/b30-27+. The van der Waals surface area contributed by atoms with Crippen molar-refractivity contribution in [2.75, 3.05) is 26.3 Å². The van der Waals surface area contributed by atoms with Crippen LogP contribution in [0.15, 0.2) is 54.1 Å². The zero-order valence-corrected chi connectivity index (χ0v) is 26.2. The third kappa shape index (κ3) is 6.48. The fourth-order valence-corrected chi connectivity index (χ4v) is 5.66. The van der Waals surface area contributed by atoms with Crippen LogP contribution in [0.1, 0.15) is 77.7 Å². The number of nitrogens with zero attached hydrogens (tertiary/aromatic N) is 4. The Balaban J connectivity index is 1.49. The minimum atomic E-state index is -1.15. The molecule has 0 spiro atoms. The lowest BCUT2D eigenvalue weighted by Gasteiger charge is -2.32. The third-order valence-electron chi connectivity index (χ3n) is 8.86. The first-order valence-electron chi connectivity index (χ1n) is 15.3. The molecular formula is C33H41BN4O6. The largest absolute Gasteiger partial charge is 0.492 e. The van der Waals surface area contributed by atoms with Gasteiger partial charge in [-0.2, -0.15) is 10.4 Å². The lowest BCUT2D eigenvalue weighted by atomic mass is 9.70. The molecule has 3 aromatic rings. The monoisotopic (exact) mass is 600 g/mol. The molecule has 1 unspecified atom stereocenters. The molecule has 1 amide bonds. The van der Waals surface area contributed by atoms with Crippen LogP contribution >= 0.6 is 0 Å². The number of allylic oxidation sites excluding steroid dienone is 1. The number of rotatable bonds is 10. The Morgan fingerprint density at radius 1 is 1.14 bits per heavy atom. The number of carbonyl (C=O) groups is 1. The van der Waals surface area contributed by atoms with Gasteiger partial charge in [-0.25, -0.2) is 9.48 Å². The molecule has 0 radical (unpaired) electrons. The Kier molecular flexibility index (Phi) is 9.35. The molecule has 3 heterocycles. The highest BCUT2D eigenvalue weighted by Crippen LogP contribution is 2.42.